The first kappa shape index (κ1) is 13.6. The van der Waals surface area contributed by atoms with Crippen molar-refractivity contribution in [3.8, 4) is 0 Å². The zero-order valence-corrected chi connectivity index (χ0v) is 11.2. The lowest BCUT2D eigenvalue weighted by atomic mass is 10.2. The quantitative estimate of drug-likeness (QED) is 0.837. The molecule has 0 bridgehead atoms. The number of nitrogens with zero attached hydrogens (tertiary/aromatic N) is 1. The lowest BCUT2D eigenvalue weighted by Crippen LogP contribution is -2.32. The van der Waals surface area contributed by atoms with E-state index in [9.17, 15) is 9.59 Å². The SMILES string of the molecule is O=C1CCN(C(=O)C=Cc2ccccc2Cl)CCN1. The fourth-order valence-corrected chi connectivity index (χ4v) is 2.06. The van der Waals surface area contributed by atoms with E-state index in [-0.39, 0.29) is 11.8 Å². The zero-order chi connectivity index (χ0) is 13.7. The van der Waals surface area contributed by atoms with Gasteiger partial charge in [0, 0.05) is 37.2 Å². The Morgan fingerprint density at radius 3 is 2.89 bits per heavy atom. The van der Waals surface area contributed by atoms with E-state index in [0.717, 1.165) is 5.56 Å². The number of carbonyl (C=O) groups is 2. The van der Waals surface area contributed by atoms with Crippen molar-refractivity contribution in [2.24, 2.45) is 0 Å². The van der Waals surface area contributed by atoms with Crippen LogP contribution in [0, 0.1) is 0 Å². The first-order valence-electron chi connectivity index (χ1n) is 6.15. The summed E-state index contributed by atoms with van der Waals surface area (Å²) in [6, 6.07) is 7.33. The highest BCUT2D eigenvalue weighted by Crippen LogP contribution is 2.16. The zero-order valence-electron chi connectivity index (χ0n) is 10.4. The fourth-order valence-electron chi connectivity index (χ4n) is 1.86. The van der Waals surface area contributed by atoms with Crippen molar-refractivity contribution in [3.05, 3.63) is 40.9 Å². The maximum atomic E-state index is 12.0. The molecule has 0 aromatic heterocycles. The molecule has 0 unspecified atom stereocenters. The Bertz CT molecular complexity index is 514. The fraction of sp³-hybridized carbons (Fsp3) is 0.286. The standard InChI is InChI=1S/C14H15ClN2O2/c15-12-4-2-1-3-11(12)5-6-14(19)17-9-7-13(18)16-8-10-17/h1-6H,7-10H2,(H,16,18). The van der Waals surface area contributed by atoms with Crippen molar-refractivity contribution in [2.45, 2.75) is 6.42 Å². The Morgan fingerprint density at radius 1 is 1.32 bits per heavy atom. The Kier molecular flexibility index (Phi) is 4.58. The Hall–Kier alpha value is -1.81. The lowest BCUT2D eigenvalue weighted by Gasteiger charge is -2.17. The summed E-state index contributed by atoms with van der Waals surface area (Å²) < 4.78 is 0. The molecule has 0 saturated carbocycles. The number of benzene rings is 1. The molecule has 1 fully saturated rings. The summed E-state index contributed by atoms with van der Waals surface area (Å²) in [5, 5.41) is 3.34. The summed E-state index contributed by atoms with van der Waals surface area (Å²) in [4.78, 5) is 24.8. The van der Waals surface area contributed by atoms with Crippen molar-refractivity contribution in [1.29, 1.82) is 0 Å². The molecular weight excluding hydrogens is 264 g/mol. The van der Waals surface area contributed by atoms with Crippen LogP contribution in [0.5, 0.6) is 0 Å². The van der Waals surface area contributed by atoms with E-state index in [0.29, 0.717) is 31.1 Å². The van der Waals surface area contributed by atoms with Crippen molar-refractivity contribution < 1.29 is 9.59 Å². The summed E-state index contributed by atoms with van der Waals surface area (Å²) in [6.07, 6.45) is 3.55. The van der Waals surface area contributed by atoms with E-state index < -0.39 is 0 Å². The summed E-state index contributed by atoms with van der Waals surface area (Å²) >= 11 is 6.01. The Morgan fingerprint density at radius 2 is 2.11 bits per heavy atom. The third kappa shape index (κ3) is 3.83. The number of nitrogens with one attached hydrogen (secondary N) is 1. The number of rotatable bonds is 2. The van der Waals surface area contributed by atoms with Gasteiger partial charge in [0.05, 0.1) is 0 Å². The molecule has 1 heterocycles. The van der Waals surface area contributed by atoms with Gasteiger partial charge < -0.3 is 10.2 Å². The minimum atomic E-state index is -0.101. The van der Waals surface area contributed by atoms with E-state index in [1.807, 2.05) is 18.2 Å². The third-order valence-electron chi connectivity index (χ3n) is 2.94. The van der Waals surface area contributed by atoms with Crippen molar-refractivity contribution in [3.63, 3.8) is 0 Å². The Labute approximate surface area is 117 Å². The molecule has 2 rings (SSSR count). The molecule has 1 saturated heterocycles. The predicted octanol–water partition coefficient (Wildman–Crippen LogP) is 1.70. The molecular formula is C14H15ClN2O2. The largest absolute Gasteiger partial charge is 0.354 e. The summed E-state index contributed by atoms with van der Waals surface area (Å²) in [6.45, 7) is 1.50. The van der Waals surface area contributed by atoms with Crippen molar-refractivity contribution in [2.75, 3.05) is 19.6 Å². The minimum absolute atomic E-state index is 0.00890. The molecule has 1 N–H and O–H groups in total. The molecule has 5 heteroatoms. The average Bonchev–Trinajstić information content (AvgIpc) is 2.62. The van der Waals surface area contributed by atoms with Gasteiger partial charge in [-0.2, -0.15) is 0 Å². The van der Waals surface area contributed by atoms with Crippen LogP contribution in [0.2, 0.25) is 5.02 Å². The topological polar surface area (TPSA) is 49.4 Å². The highest BCUT2D eigenvalue weighted by molar-refractivity contribution is 6.32. The van der Waals surface area contributed by atoms with Gasteiger partial charge in [0.25, 0.3) is 0 Å². The van der Waals surface area contributed by atoms with Gasteiger partial charge in [-0.05, 0) is 17.7 Å². The average molecular weight is 279 g/mol. The van der Waals surface area contributed by atoms with Gasteiger partial charge in [-0.25, -0.2) is 0 Å². The number of hydrogen-bond donors (Lipinski definition) is 1. The molecule has 4 nitrogen and oxygen atoms in total. The summed E-state index contributed by atoms with van der Waals surface area (Å²) in [5.74, 6) is -0.109. The molecule has 1 aromatic rings. The molecule has 0 radical (unpaired) electrons. The van der Waals surface area contributed by atoms with E-state index in [1.54, 1.807) is 17.0 Å². The van der Waals surface area contributed by atoms with Gasteiger partial charge in [-0.3, -0.25) is 9.59 Å². The van der Waals surface area contributed by atoms with Crippen LogP contribution in [0.4, 0.5) is 0 Å². The van der Waals surface area contributed by atoms with Crippen molar-refractivity contribution in [1.82, 2.24) is 10.2 Å². The van der Waals surface area contributed by atoms with Crippen LogP contribution < -0.4 is 5.32 Å². The smallest absolute Gasteiger partial charge is 0.246 e. The van der Waals surface area contributed by atoms with Crippen LogP contribution in [0.25, 0.3) is 6.08 Å². The second kappa shape index (κ2) is 6.38. The van der Waals surface area contributed by atoms with E-state index in [4.69, 9.17) is 11.6 Å². The number of hydrogen-bond acceptors (Lipinski definition) is 2. The summed E-state index contributed by atoms with van der Waals surface area (Å²) in [7, 11) is 0. The van der Waals surface area contributed by atoms with Crippen LogP contribution in [0.15, 0.2) is 30.3 Å². The van der Waals surface area contributed by atoms with E-state index >= 15 is 0 Å². The van der Waals surface area contributed by atoms with Crippen LogP contribution in [-0.4, -0.2) is 36.3 Å². The highest BCUT2D eigenvalue weighted by atomic mass is 35.5. The van der Waals surface area contributed by atoms with Gasteiger partial charge in [-0.15, -0.1) is 0 Å². The van der Waals surface area contributed by atoms with Crippen molar-refractivity contribution >= 4 is 29.5 Å². The minimum Gasteiger partial charge on any atom is -0.354 e. The molecule has 1 aliphatic rings. The van der Waals surface area contributed by atoms with E-state index in [1.165, 1.54) is 6.08 Å². The van der Waals surface area contributed by atoms with Gasteiger partial charge in [0.2, 0.25) is 11.8 Å². The van der Waals surface area contributed by atoms with Crippen LogP contribution in [-0.2, 0) is 9.59 Å². The van der Waals surface area contributed by atoms with Crippen LogP contribution >= 0.6 is 11.6 Å². The molecule has 1 aliphatic heterocycles. The molecule has 0 spiro atoms. The lowest BCUT2D eigenvalue weighted by molar-refractivity contribution is -0.125. The van der Waals surface area contributed by atoms with Gasteiger partial charge in [0.1, 0.15) is 0 Å². The predicted molar refractivity (Wildman–Crippen MR) is 74.7 cm³/mol. The molecule has 0 atom stereocenters. The molecule has 100 valence electrons. The molecule has 0 aliphatic carbocycles. The van der Waals surface area contributed by atoms with Gasteiger partial charge in [-0.1, -0.05) is 29.8 Å². The normalized spacial score (nSPS) is 16.3. The molecule has 1 aromatic carbocycles. The second-order valence-corrected chi connectivity index (χ2v) is 4.69. The molecule has 19 heavy (non-hydrogen) atoms. The number of carbonyl (C=O) groups excluding carboxylic acids is 2. The highest BCUT2D eigenvalue weighted by Gasteiger charge is 2.16. The van der Waals surface area contributed by atoms with Gasteiger partial charge in [0.15, 0.2) is 0 Å². The monoisotopic (exact) mass is 278 g/mol. The third-order valence-corrected chi connectivity index (χ3v) is 3.28. The number of amides is 2. The Balaban J connectivity index is 2.00. The molecule has 2 amide bonds. The van der Waals surface area contributed by atoms with Crippen LogP contribution in [0.1, 0.15) is 12.0 Å². The van der Waals surface area contributed by atoms with E-state index in [2.05, 4.69) is 5.32 Å². The maximum Gasteiger partial charge on any atom is 0.246 e. The first-order chi connectivity index (χ1) is 9.16. The second-order valence-electron chi connectivity index (χ2n) is 4.28. The number of halogens is 1. The summed E-state index contributed by atoms with van der Waals surface area (Å²) in [5.41, 5.74) is 0.807. The maximum absolute atomic E-state index is 12.0. The van der Waals surface area contributed by atoms with Crippen LogP contribution in [0.3, 0.4) is 0 Å². The first-order valence-corrected chi connectivity index (χ1v) is 6.53. The van der Waals surface area contributed by atoms with Gasteiger partial charge >= 0.3 is 0 Å².